The van der Waals surface area contributed by atoms with Crippen molar-refractivity contribution in [3.63, 3.8) is 0 Å². The van der Waals surface area contributed by atoms with Gasteiger partial charge in [0.25, 0.3) is 0 Å². The SMILES string of the molecule is CC(C)CCCCCCCCCCOc1ccccc1N1CCSCC1. The van der Waals surface area contributed by atoms with E-state index in [1.54, 1.807) is 0 Å². The molecule has 1 aromatic rings. The van der Waals surface area contributed by atoms with Gasteiger partial charge in [0.1, 0.15) is 5.75 Å². The number of unbranched alkanes of at least 4 members (excludes halogenated alkanes) is 7. The Hall–Kier alpha value is -0.830. The summed E-state index contributed by atoms with van der Waals surface area (Å²) in [5.74, 6) is 4.40. The quantitative estimate of drug-likeness (QED) is 0.351. The van der Waals surface area contributed by atoms with Crippen LogP contribution in [0, 0.1) is 5.92 Å². The molecule has 1 saturated heterocycles. The van der Waals surface area contributed by atoms with E-state index in [-0.39, 0.29) is 0 Å². The monoisotopic (exact) mass is 377 g/mol. The van der Waals surface area contributed by atoms with Gasteiger partial charge in [-0.2, -0.15) is 11.8 Å². The molecule has 0 spiro atoms. The van der Waals surface area contributed by atoms with E-state index >= 15 is 0 Å². The summed E-state index contributed by atoms with van der Waals surface area (Å²) in [7, 11) is 0. The van der Waals surface area contributed by atoms with Gasteiger partial charge in [0.2, 0.25) is 0 Å². The summed E-state index contributed by atoms with van der Waals surface area (Å²) in [5, 5.41) is 0. The lowest BCUT2D eigenvalue weighted by atomic mass is 10.0. The second-order valence-electron chi connectivity index (χ2n) is 7.93. The van der Waals surface area contributed by atoms with Gasteiger partial charge in [-0.05, 0) is 24.5 Å². The third kappa shape index (κ3) is 8.70. The third-order valence-corrected chi connectivity index (χ3v) is 6.09. The molecule has 0 aliphatic carbocycles. The van der Waals surface area contributed by atoms with Gasteiger partial charge in [-0.1, -0.05) is 77.3 Å². The van der Waals surface area contributed by atoms with Crippen molar-refractivity contribution in [1.82, 2.24) is 0 Å². The molecule has 1 aliphatic rings. The van der Waals surface area contributed by atoms with Crippen LogP contribution < -0.4 is 9.64 Å². The molecular weight excluding hydrogens is 338 g/mol. The highest BCUT2D eigenvalue weighted by atomic mass is 32.2. The molecule has 0 unspecified atom stereocenters. The van der Waals surface area contributed by atoms with Crippen molar-refractivity contribution in [2.24, 2.45) is 5.92 Å². The highest BCUT2D eigenvalue weighted by Gasteiger charge is 2.14. The van der Waals surface area contributed by atoms with Crippen molar-refractivity contribution < 1.29 is 4.74 Å². The molecule has 0 saturated carbocycles. The number of hydrogen-bond acceptors (Lipinski definition) is 3. The van der Waals surface area contributed by atoms with Crippen LogP contribution in [0.4, 0.5) is 5.69 Å². The highest BCUT2D eigenvalue weighted by Crippen LogP contribution is 2.30. The van der Waals surface area contributed by atoms with E-state index in [4.69, 9.17) is 4.74 Å². The summed E-state index contributed by atoms with van der Waals surface area (Å²) in [6, 6.07) is 8.57. The number of rotatable bonds is 13. The van der Waals surface area contributed by atoms with Crippen molar-refractivity contribution in [1.29, 1.82) is 0 Å². The molecule has 2 nitrogen and oxygen atoms in total. The second-order valence-corrected chi connectivity index (χ2v) is 9.15. The Bertz CT molecular complexity index is 471. The van der Waals surface area contributed by atoms with Crippen LogP contribution in [-0.4, -0.2) is 31.2 Å². The predicted molar refractivity (Wildman–Crippen MR) is 118 cm³/mol. The van der Waals surface area contributed by atoms with Crippen LogP contribution in [-0.2, 0) is 0 Å². The Morgan fingerprint density at radius 2 is 1.50 bits per heavy atom. The lowest BCUT2D eigenvalue weighted by molar-refractivity contribution is 0.304. The standard InChI is InChI=1S/C23H39NOS/c1-21(2)13-9-7-5-3-4-6-8-12-18-25-23-15-11-10-14-22(23)24-16-19-26-20-17-24/h10-11,14-15,21H,3-9,12-13,16-20H2,1-2H3. The van der Waals surface area contributed by atoms with Gasteiger partial charge in [0, 0.05) is 24.6 Å². The predicted octanol–water partition coefficient (Wildman–Crippen LogP) is 6.79. The van der Waals surface area contributed by atoms with Crippen LogP contribution in [0.5, 0.6) is 5.75 Å². The highest BCUT2D eigenvalue weighted by molar-refractivity contribution is 7.99. The Morgan fingerprint density at radius 3 is 2.19 bits per heavy atom. The molecule has 0 aromatic heterocycles. The molecule has 1 fully saturated rings. The van der Waals surface area contributed by atoms with Crippen LogP contribution in [0.2, 0.25) is 0 Å². The maximum Gasteiger partial charge on any atom is 0.142 e. The topological polar surface area (TPSA) is 12.5 Å². The lowest BCUT2D eigenvalue weighted by Crippen LogP contribution is -2.32. The first-order chi connectivity index (χ1) is 12.8. The van der Waals surface area contributed by atoms with Crippen LogP contribution in [0.1, 0.15) is 71.6 Å². The number of hydrogen-bond donors (Lipinski definition) is 0. The van der Waals surface area contributed by atoms with Gasteiger partial charge in [0.05, 0.1) is 12.3 Å². The summed E-state index contributed by atoms with van der Waals surface area (Å²) in [6.45, 7) is 7.79. The number of ether oxygens (including phenoxy) is 1. The van der Waals surface area contributed by atoms with Crippen molar-refractivity contribution in [3.05, 3.63) is 24.3 Å². The third-order valence-electron chi connectivity index (χ3n) is 5.15. The molecular formula is C23H39NOS. The molecule has 2 rings (SSSR count). The number of benzene rings is 1. The van der Waals surface area contributed by atoms with E-state index < -0.39 is 0 Å². The average molecular weight is 378 g/mol. The smallest absolute Gasteiger partial charge is 0.142 e. The fourth-order valence-corrected chi connectivity index (χ4v) is 4.45. The molecule has 0 amide bonds. The number of para-hydroxylation sites is 2. The largest absolute Gasteiger partial charge is 0.491 e. The second kappa shape index (κ2) is 13.4. The van der Waals surface area contributed by atoms with Crippen LogP contribution in [0.15, 0.2) is 24.3 Å². The molecule has 0 atom stereocenters. The van der Waals surface area contributed by atoms with Crippen molar-refractivity contribution in [3.8, 4) is 5.75 Å². The summed E-state index contributed by atoms with van der Waals surface area (Å²) in [5.41, 5.74) is 1.29. The number of thioether (sulfide) groups is 1. The zero-order valence-corrected chi connectivity index (χ0v) is 17.9. The Morgan fingerprint density at radius 1 is 0.885 bits per heavy atom. The van der Waals surface area contributed by atoms with Crippen molar-refractivity contribution in [2.45, 2.75) is 71.6 Å². The van der Waals surface area contributed by atoms with Crippen molar-refractivity contribution >= 4 is 17.4 Å². The normalized spacial score (nSPS) is 14.8. The van der Waals surface area contributed by atoms with E-state index in [1.165, 1.54) is 75.0 Å². The van der Waals surface area contributed by atoms with Crippen LogP contribution in [0.3, 0.4) is 0 Å². The lowest BCUT2D eigenvalue weighted by Gasteiger charge is -2.30. The van der Waals surface area contributed by atoms with E-state index in [2.05, 4.69) is 54.8 Å². The van der Waals surface area contributed by atoms with Crippen LogP contribution in [0.25, 0.3) is 0 Å². The Balaban J connectivity index is 1.52. The van der Waals surface area contributed by atoms with Gasteiger partial charge < -0.3 is 9.64 Å². The molecule has 26 heavy (non-hydrogen) atoms. The molecule has 0 bridgehead atoms. The van der Waals surface area contributed by atoms with Gasteiger partial charge in [-0.3, -0.25) is 0 Å². The van der Waals surface area contributed by atoms with Crippen molar-refractivity contribution in [2.75, 3.05) is 36.1 Å². The summed E-state index contributed by atoms with van der Waals surface area (Å²) in [6.07, 6.45) is 12.3. The number of anilines is 1. The molecule has 0 N–H and O–H groups in total. The summed E-state index contributed by atoms with van der Waals surface area (Å²) in [4.78, 5) is 2.48. The first-order valence-corrected chi connectivity index (χ1v) is 12.0. The first kappa shape index (κ1) is 21.5. The average Bonchev–Trinajstić information content (AvgIpc) is 2.67. The van der Waals surface area contributed by atoms with E-state index in [0.29, 0.717) is 0 Å². The minimum Gasteiger partial charge on any atom is -0.491 e. The summed E-state index contributed by atoms with van der Waals surface area (Å²) < 4.78 is 6.12. The Labute approximate surface area is 166 Å². The van der Waals surface area contributed by atoms with E-state index in [9.17, 15) is 0 Å². The zero-order chi connectivity index (χ0) is 18.5. The minimum absolute atomic E-state index is 0.855. The fourth-order valence-electron chi connectivity index (χ4n) is 3.54. The maximum absolute atomic E-state index is 6.12. The molecule has 1 aliphatic heterocycles. The molecule has 0 radical (unpaired) electrons. The molecule has 1 heterocycles. The number of nitrogens with zero attached hydrogens (tertiary/aromatic N) is 1. The van der Waals surface area contributed by atoms with E-state index in [1.807, 2.05) is 0 Å². The van der Waals surface area contributed by atoms with Gasteiger partial charge >= 0.3 is 0 Å². The van der Waals surface area contributed by atoms with Gasteiger partial charge in [-0.25, -0.2) is 0 Å². The minimum atomic E-state index is 0.855. The molecule has 1 aromatic carbocycles. The van der Waals surface area contributed by atoms with Gasteiger partial charge in [0.15, 0.2) is 0 Å². The zero-order valence-electron chi connectivity index (χ0n) is 17.0. The molecule has 148 valence electrons. The summed E-state index contributed by atoms with van der Waals surface area (Å²) >= 11 is 2.05. The van der Waals surface area contributed by atoms with E-state index in [0.717, 1.165) is 31.4 Å². The fraction of sp³-hybridized carbons (Fsp3) is 0.739. The first-order valence-electron chi connectivity index (χ1n) is 10.8. The van der Waals surface area contributed by atoms with Gasteiger partial charge in [-0.15, -0.1) is 0 Å². The maximum atomic E-state index is 6.12. The Kier molecular flexibility index (Phi) is 11.0. The molecule has 3 heteroatoms. The van der Waals surface area contributed by atoms with Crippen LogP contribution >= 0.6 is 11.8 Å².